The first-order chi connectivity index (χ1) is 11.6. The molecule has 24 heavy (non-hydrogen) atoms. The summed E-state index contributed by atoms with van der Waals surface area (Å²) >= 11 is 0. The molecule has 3 rings (SSSR count). The second-order valence-electron chi connectivity index (χ2n) is 6.27. The fourth-order valence-electron chi connectivity index (χ4n) is 3.12. The Morgan fingerprint density at radius 1 is 1.46 bits per heavy atom. The summed E-state index contributed by atoms with van der Waals surface area (Å²) in [6, 6.07) is 4.71. The molecule has 2 aromatic rings. The van der Waals surface area contributed by atoms with E-state index in [0.717, 1.165) is 19.5 Å². The van der Waals surface area contributed by atoms with Crippen LogP contribution in [0.2, 0.25) is 0 Å². The van der Waals surface area contributed by atoms with Crippen molar-refractivity contribution < 1.29 is 9.90 Å². The first-order valence-electron chi connectivity index (χ1n) is 8.16. The highest BCUT2D eigenvalue weighted by Crippen LogP contribution is 2.21. The third-order valence-electron chi connectivity index (χ3n) is 4.40. The molecule has 0 saturated carbocycles. The summed E-state index contributed by atoms with van der Waals surface area (Å²) in [7, 11) is 2.13. The van der Waals surface area contributed by atoms with E-state index >= 15 is 0 Å². The number of aromatic hydroxyl groups is 1. The van der Waals surface area contributed by atoms with Crippen LogP contribution < -0.4 is 5.32 Å². The predicted octanol–water partition coefficient (Wildman–Crippen LogP) is 0.830. The first kappa shape index (κ1) is 16.4. The molecule has 0 radical (unpaired) electrons. The minimum atomic E-state index is -0.286. The zero-order valence-corrected chi connectivity index (χ0v) is 13.7. The Labute approximate surface area is 140 Å². The van der Waals surface area contributed by atoms with Crippen LogP contribution in [0.25, 0.3) is 5.69 Å². The molecule has 1 aliphatic heterocycles. The van der Waals surface area contributed by atoms with Crippen LogP contribution in [0.15, 0.2) is 24.5 Å². The summed E-state index contributed by atoms with van der Waals surface area (Å²) in [5.74, 6) is 0.276. The van der Waals surface area contributed by atoms with E-state index in [-0.39, 0.29) is 17.2 Å². The van der Waals surface area contributed by atoms with E-state index in [1.54, 1.807) is 12.1 Å². The number of benzene rings is 1. The molecule has 0 spiro atoms. The SMILES string of the molecule is CN1CCC[C@H](CCNC(=O)c2cc(-n3cnnn3)ccc2O)C1. The number of carbonyl (C=O) groups excluding carboxylic acids is 1. The Bertz CT molecular complexity index is 688. The summed E-state index contributed by atoms with van der Waals surface area (Å²) in [4.78, 5) is 14.7. The number of rotatable bonds is 5. The fraction of sp³-hybridized carbons (Fsp3) is 0.500. The topological polar surface area (TPSA) is 96.2 Å². The molecule has 128 valence electrons. The lowest BCUT2D eigenvalue weighted by atomic mass is 9.95. The molecule has 0 unspecified atom stereocenters. The van der Waals surface area contributed by atoms with Crippen molar-refractivity contribution in [3.63, 3.8) is 0 Å². The molecule has 1 aromatic heterocycles. The average molecular weight is 330 g/mol. The van der Waals surface area contributed by atoms with Crippen LogP contribution in [0.5, 0.6) is 5.75 Å². The molecule has 1 saturated heterocycles. The summed E-state index contributed by atoms with van der Waals surface area (Å²) in [5, 5.41) is 23.8. The number of piperidine rings is 1. The monoisotopic (exact) mass is 330 g/mol. The maximum Gasteiger partial charge on any atom is 0.255 e. The molecular formula is C16H22N6O2. The van der Waals surface area contributed by atoms with Crippen molar-refractivity contribution in [3.8, 4) is 11.4 Å². The van der Waals surface area contributed by atoms with Crippen molar-refractivity contribution >= 4 is 5.91 Å². The summed E-state index contributed by atoms with van der Waals surface area (Å²) in [6.45, 7) is 2.84. The van der Waals surface area contributed by atoms with Crippen LogP contribution in [0, 0.1) is 5.92 Å². The number of aromatic nitrogens is 4. The van der Waals surface area contributed by atoms with Crippen molar-refractivity contribution in [1.82, 2.24) is 30.4 Å². The quantitative estimate of drug-likeness (QED) is 0.843. The predicted molar refractivity (Wildman–Crippen MR) is 88.0 cm³/mol. The van der Waals surface area contributed by atoms with Crippen LogP contribution in [0.3, 0.4) is 0 Å². The van der Waals surface area contributed by atoms with Gasteiger partial charge in [0.25, 0.3) is 5.91 Å². The van der Waals surface area contributed by atoms with Gasteiger partial charge in [-0.1, -0.05) is 0 Å². The average Bonchev–Trinajstić information content (AvgIpc) is 3.10. The van der Waals surface area contributed by atoms with Crippen LogP contribution >= 0.6 is 0 Å². The Hall–Kier alpha value is -2.48. The molecule has 8 nitrogen and oxygen atoms in total. The van der Waals surface area contributed by atoms with Crippen LogP contribution in [-0.2, 0) is 0 Å². The summed E-state index contributed by atoms with van der Waals surface area (Å²) in [6.07, 6.45) is 4.81. The molecule has 2 heterocycles. The van der Waals surface area contributed by atoms with Gasteiger partial charge in [0.05, 0.1) is 11.3 Å². The highest BCUT2D eigenvalue weighted by molar-refractivity contribution is 5.97. The van der Waals surface area contributed by atoms with E-state index in [1.807, 2.05) is 0 Å². The van der Waals surface area contributed by atoms with Gasteiger partial charge in [-0.2, -0.15) is 0 Å². The second kappa shape index (κ2) is 7.39. The van der Waals surface area contributed by atoms with Gasteiger partial charge in [0.2, 0.25) is 0 Å². The fourth-order valence-corrected chi connectivity index (χ4v) is 3.12. The number of hydrogen-bond donors (Lipinski definition) is 2. The molecule has 0 aliphatic carbocycles. The Balaban J connectivity index is 1.59. The Kier molecular flexibility index (Phi) is 5.05. The van der Waals surface area contributed by atoms with E-state index in [2.05, 4.69) is 32.8 Å². The van der Waals surface area contributed by atoms with Crippen LogP contribution in [0.1, 0.15) is 29.6 Å². The molecule has 1 aromatic carbocycles. The molecule has 1 fully saturated rings. The van der Waals surface area contributed by atoms with Gasteiger partial charge in [0.15, 0.2) is 0 Å². The summed E-state index contributed by atoms with van der Waals surface area (Å²) in [5.41, 5.74) is 0.848. The zero-order valence-electron chi connectivity index (χ0n) is 13.7. The number of carbonyl (C=O) groups is 1. The molecule has 1 atom stereocenters. The van der Waals surface area contributed by atoms with E-state index in [4.69, 9.17) is 0 Å². The van der Waals surface area contributed by atoms with Gasteiger partial charge in [0.1, 0.15) is 12.1 Å². The molecular weight excluding hydrogens is 308 g/mol. The number of tetrazole rings is 1. The van der Waals surface area contributed by atoms with E-state index in [0.29, 0.717) is 18.2 Å². The minimum Gasteiger partial charge on any atom is -0.507 e. The van der Waals surface area contributed by atoms with Gasteiger partial charge < -0.3 is 15.3 Å². The number of amides is 1. The maximum absolute atomic E-state index is 12.4. The maximum atomic E-state index is 12.4. The zero-order chi connectivity index (χ0) is 16.9. The normalized spacial score (nSPS) is 18.5. The minimum absolute atomic E-state index is 0.0540. The van der Waals surface area contributed by atoms with Crippen molar-refractivity contribution in [1.29, 1.82) is 0 Å². The van der Waals surface area contributed by atoms with Gasteiger partial charge in [-0.05, 0) is 67.4 Å². The number of hydrogen-bond acceptors (Lipinski definition) is 6. The van der Waals surface area contributed by atoms with Crippen molar-refractivity contribution in [2.45, 2.75) is 19.3 Å². The van der Waals surface area contributed by atoms with Gasteiger partial charge in [-0.3, -0.25) is 4.79 Å². The standard InChI is InChI=1S/C16H22N6O2/c1-21-8-2-3-12(10-21)6-7-17-16(24)14-9-13(4-5-15(14)23)22-11-18-19-20-22/h4-5,9,11-12,23H,2-3,6-8,10H2,1H3,(H,17,24)/t12-/m1/s1. The molecule has 8 heteroatoms. The van der Waals surface area contributed by atoms with Gasteiger partial charge in [0, 0.05) is 13.1 Å². The largest absolute Gasteiger partial charge is 0.507 e. The van der Waals surface area contributed by atoms with E-state index in [1.165, 1.54) is 29.9 Å². The molecule has 1 aliphatic rings. The Morgan fingerprint density at radius 3 is 3.08 bits per heavy atom. The second-order valence-corrected chi connectivity index (χ2v) is 6.27. The van der Waals surface area contributed by atoms with Crippen molar-refractivity contribution in [2.24, 2.45) is 5.92 Å². The lowest BCUT2D eigenvalue weighted by molar-refractivity contribution is 0.0945. The number of likely N-dealkylation sites (tertiary alicyclic amines) is 1. The molecule has 1 amide bonds. The lowest BCUT2D eigenvalue weighted by Crippen LogP contribution is -2.34. The number of nitrogens with one attached hydrogen (secondary N) is 1. The third-order valence-corrected chi connectivity index (χ3v) is 4.40. The van der Waals surface area contributed by atoms with Gasteiger partial charge in [-0.15, -0.1) is 5.10 Å². The van der Waals surface area contributed by atoms with Crippen LogP contribution in [0.4, 0.5) is 0 Å². The third kappa shape index (κ3) is 3.88. The van der Waals surface area contributed by atoms with E-state index < -0.39 is 0 Å². The van der Waals surface area contributed by atoms with Gasteiger partial charge in [-0.25, -0.2) is 4.68 Å². The first-order valence-corrected chi connectivity index (χ1v) is 8.16. The highest BCUT2D eigenvalue weighted by Gasteiger charge is 2.18. The van der Waals surface area contributed by atoms with Crippen LogP contribution in [-0.4, -0.2) is 62.8 Å². The smallest absolute Gasteiger partial charge is 0.255 e. The molecule has 2 N–H and O–H groups in total. The van der Waals surface area contributed by atoms with Crippen molar-refractivity contribution in [2.75, 3.05) is 26.7 Å². The number of phenolic OH excluding ortho intramolecular Hbond substituents is 1. The Morgan fingerprint density at radius 2 is 2.33 bits per heavy atom. The number of nitrogens with zero attached hydrogens (tertiary/aromatic N) is 5. The molecule has 0 bridgehead atoms. The van der Waals surface area contributed by atoms with E-state index in [9.17, 15) is 9.90 Å². The van der Waals surface area contributed by atoms with Gasteiger partial charge >= 0.3 is 0 Å². The number of phenols is 1. The van der Waals surface area contributed by atoms with Crippen molar-refractivity contribution in [3.05, 3.63) is 30.1 Å². The summed E-state index contributed by atoms with van der Waals surface area (Å²) < 4.78 is 1.44. The lowest BCUT2D eigenvalue weighted by Gasteiger charge is -2.29. The highest BCUT2D eigenvalue weighted by atomic mass is 16.3.